The smallest absolute Gasteiger partial charge is 0.460 e. The molecular formula is C21H25F9O10. The molecule has 1 rings (SSSR count). The lowest BCUT2D eigenvalue weighted by atomic mass is 9.98. The van der Waals surface area contributed by atoms with Crippen molar-refractivity contribution in [2.75, 3.05) is 13.2 Å². The molecule has 0 amide bonds. The summed E-state index contributed by atoms with van der Waals surface area (Å²) in [6.45, 7) is 1.86. The van der Waals surface area contributed by atoms with Crippen molar-refractivity contribution in [3.8, 4) is 0 Å². The molecule has 40 heavy (non-hydrogen) atoms. The summed E-state index contributed by atoms with van der Waals surface area (Å²) in [5.74, 6) is -23.7. The first-order valence-corrected chi connectivity index (χ1v) is 11.2. The number of carbonyl (C=O) groups is 4. The van der Waals surface area contributed by atoms with Crippen molar-refractivity contribution in [1.29, 1.82) is 0 Å². The molecule has 0 aromatic carbocycles. The minimum Gasteiger partial charge on any atom is -0.463 e. The Morgan fingerprint density at radius 3 is 1.60 bits per heavy atom. The lowest BCUT2D eigenvalue weighted by Gasteiger charge is -2.44. The van der Waals surface area contributed by atoms with E-state index in [2.05, 4.69) is 0 Å². The van der Waals surface area contributed by atoms with Crippen molar-refractivity contribution < 1.29 is 87.1 Å². The molecule has 5 atom stereocenters. The van der Waals surface area contributed by atoms with Crippen molar-refractivity contribution in [1.82, 2.24) is 0 Å². The number of hydrogen-bond donors (Lipinski definition) is 0. The molecule has 0 N–H and O–H groups in total. The van der Waals surface area contributed by atoms with Gasteiger partial charge in [0.2, 0.25) is 0 Å². The van der Waals surface area contributed by atoms with E-state index in [4.69, 9.17) is 28.4 Å². The Kier molecular flexibility index (Phi) is 11.6. The van der Waals surface area contributed by atoms with Crippen molar-refractivity contribution in [2.24, 2.45) is 0 Å². The standard InChI is InChI=1S/C21H25F9O10/c1-9(31)36-8-13-14(37-10(2)32)15(38-11(3)33)16(39-12(4)34)17(40-13)35-7-5-6-18(22,23)19(24,25)20(26,27)21(28,29)30/h13-17H,5-8H2,1-4H3/t13-,14-,15+,16-,17-/m1/s1. The van der Waals surface area contributed by atoms with Gasteiger partial charge in [0.15, 0.2) is 24.6 Å². The Bertz CT molecular complexity index is 925. The Morgan fingerprint density at radius 2 is 1.15 bits per heavy atom. The highest BCUT2D eigenvalue weighted by Gasteiger charge is 2.81. The third-order valence-electron chi connectivity index (χ3n) is 5.08. The SMILES string of the molecule is CC(=O)OC[C@H]1O[C@@H](OCCCC(F)(F)C(F)(F)C(F)(F)C(F)(F)F)[C@H](OC(C)=O)[C@@H](OC(C)=O)[C@@H]1OC(C)=O. The quantitative estimate of drug-likeness (QED) is 0.141. The van der Waals surface area contributed by atoms with E-state index < -0.39 is 105 Å². The third kappa shape index (κ3) is 8.58. The van der Waals surface area contributed by atoms with Gasteiger partial charge in [0, 0.05) is 34.1 Å². The summed E-state index contributed by atoms with van der Waals surface area (Å²) in [4.78, 5) is 46.3. The second-order valence-corrected chi connectivity index (χ2v) is 8.39. The first kappa shape index (κ1) is 35.2. The van der Waals surface area contributed by atoms with Gasteiger partial charge >= 0.3 is 47.8 Å². The minimum absolute atomic E-state index is 0.700. The zero-order valence-corrected chi connectivity index (χ0v) is 21.2. The van der Waals surface area contributed by atoms with E-state index in [1.54, 1.807) is 0 Å². The maximum Gasteiger partial charge on any atom is 0.460 e. The van der Waals surface area contributed by atoms with Crippen LogP contribution in [0.25, 0.3) is 0 Å². The normalized spacial score (nSPS) is 24.2. The number of ether oxygens (including phenoxy) is 6. The summed E-state index contributed by atoms with van der Waals surface area (Å²) in [7, 11) is 0. The van der Waals surface area contributed by atoms with Gasteiger partial charge in [0.1, 0.15) is 12.7 Å². The number of carbonyl (C=O) groups excluding carboxylic acids is 4. The fourth-order valence-electron chi connectivity index (χ4n) is 3.38. The van der Waals surface area contributed by atoms with E-state index in [-0.39, 0.29) is 0 Å². The van der Waals surface area contributed by atoms with E-state index >= 15 is 0 Å². The molecule has 1 aliphatic heterocycles. The van der Waals surface area contributed by atoms with Crippen LogP contribution >= 0.6 is 0 Å². The van der Waals surface area contributed by atoms with Gasteiger partial charge < -0.3 is 28.4 Å². The molecule has 1 aliphatic rings. The number of halogens is 9. The van der Waals surface area contributed by atoms with Crippen LogP contribution in [0.3, 0.4) is 0 Å². The molecule has 19 heteroatoms. The second kappa shape index (κ2) is 13.2. The summed E-state index contributed by atoms with van der Waals surface area (Å²) in [5, 5.41) is 0. The average molecular weight is 608 g/mol. The summed E-state index contributed by atoms with van der Waals surface area (Å²) in [6.07, 6.45) is -19.1. The molecule has 0 aromatic rings. The molecule has 0 radical (unpaired) electrons. The van der Waals surface area contributed by atoms with Crippen LogP contribution in [0.1, 0.15) is 40.5 Å². The first-order chi connectivity index (χ1) is 18.0. The maximum atomic E-state index is 13.8. The Hall–Kier alpha value is -2.83. The van der Waals surface area contributed by atoms with Gasteiger partial charge in [-0.1, -0.05) is 0 Å². The molecule has 0 saturated carbocycles. The number of hydrogen-bond acceptors (Lipinski definition) is 10. The number of alkyl halides is 9. The topological polar surface area (TPSA) is 124 Å². The lowest BCUT2D eigenvalue weighted by Crippen LogP contribution is -2.63. The summed E-state index contributed by atoms with van der Waals surface area (Å²) < 4.78 is 148. The van der Waals surface area contributed by atoms with E-state index in [0.29, 0.717) is 0 Å². The largest absolute Gasteiger partial charge is 0.463 e. The molecule has 1 fully saturated rings. The monoisotopic (exact) mass is 608 g/mol. The molecule has 1 heterocycles. The van der Waals surface area contributed by atoms with E-state index in [1.165, 1.54) is 0 Å². The predicted octanol–water partition coefficient (Wildman–Crippen LogP) is 3.33. The lowest BCUT2D eigenvalue weighted by molar-refractivity contribution is -0.397. The van der Waals surface area contributed by atoms with Crippen LogP contribution in [0.15, 0.2) is 0 Å². The van der Waals surface area contributed by atoms with Crippen LogP contribution in [0.5, 0.6) is 0 Å². The van der Waals surface area contributed by atoms with Gasteiger partial charge in [0.05, 0.1) is 6.61 Å². The number of esters is 4. The molecule has 0 bridgehead atoms. The molecule has 1 saturated heterocycles. The van der Waals surface area contributed by atoms with Crippen molar-refractivity contribution in [2.45, 2.75) is 95.2 Å². The van der Waals surface area contributed by atoms with Crippen molar-refractivity contribution in [3.05, 3.63) is 0 Å². The highest BCUT2D eigenvalue weighted by Crippen LogP contribution is 2.54. The Morgan fingerprint density at radius 1 is 0.675 bits per heavy atom. The highest BCUT2D eigenvalue weighted by molar-refractivity contribution is 5.68. The van der Waals surface area contributed by atoms with Gasteiger partial charge in [-0.25, -0.2) is 0 Å². The second-order valence-electron chi connectivity index (χ2n) is 8.39. The zero-order chi connectivity index (χ0) is 31.3. The van der Waals surface area contributed by atoms with E-state index in [1.807, 2.05) is 0 Å². The van der Waals surface area contributed by atoms with Crippen LogP contribution < -0.4 is 0 Å². The average Bonchev–Trinajstić information content (AvgIpc) is 2.77. The minimum atomic E-state index is -7.07. The summed E-state index contributed by atoms with van der Waals surface area (Å²) >= 11 is 0. The van der Waals surface area contributed by atoms with E-state index in [0.717, 1.165) is 27.7 Å². The maximum absolute atomic E-state index is 13.8. The Balaban J connectivity index is 3.19. The van der Waals surface area contributed by atoms with Crippen LogP contribution in [0.2, 0.25) is 0 Å². The van der Waals surface area contributed by atoms with Crippen molar-refractivity contribution in [3.63, 3.8) is 0 Å². The van der Waals surface area contributed by atoms with Gasteiger partial charge in [-0.2, -0.15) is 39.5 Å². The fourth-order valence-corrected chi connectivity index (χ4v) is 3.38. The molecule has 232 valence electrons. The first-order valence-electron chi connectivity index (χ1n) is 11.2. The van der Waals surface area contributed by atoms with Gasteiger partial charge in [-0.05, 0) is 6.42 Å². The van der Waals surface area contributed by atoms with Gasteiger partial charge in [0.25, 0.3) is 0 Å². The summed E-state index contributed by atoms with van der Waals surface area (Å²) in [6, 6.07) is 0. The molecule has 0 aliphatic carbocycles. The third-order valence-corrected chi connectivity index (χ3v) is 5.08. The fraction of sp³-hybridized carbons (Fsp3) is 0.810. The molecule has 0 spiro atoms. The predicted molar refractivity (Wildman–Crippen MR) is 108 cm³/mol. The van der Waals surface area contributed by atoms with Crippen LogP contribution in [-0.4, -0.2) is 91.7 Å². The highest BCUT2D eigenvalue weighted by atomic mass is 19.4. The molecule has 10 nitrogen and oxygen atoms in total. The van der Waals surface area contributed by atoms with Gasteiger partial charge in [-0.3, -0.25) is 19.2 Å². The van der Waals surface area contributed by atoms with Crippen molar-refractivity contribution >= 4 is 23.9 Å². The van der Waals surface area contributed by atoms with Crippen LogP contribution in [0, 0.1) is 0 Å². The van der Waals surface area contributed by atoms with Gasteiger partial charge in [-0.15, -0.1) is 0 Å². The molecule has 0 unspecified atom stereocenters. The van der Waals surface area contributed by atoms with Crippen LogP contribution in [-0.2, 0) is 47.6 Å². The summed E-state index contributed by atoms with van der Waals surface area (Å²) in [5.41, 5.74) is 0. The van der Waals surface area contributed by atoms with E-state index in [9.17, 15) is 58.7 Å². The Labute approximate surface area is 220 Å². The molecule has 0 aromatic heterocycles. The van der Waals surface area contributed by atoms with Crippen LogP contribution in [0.4, 0.5) is 39.5 Å². The zero-order valence-electron chi connectivity index (χ0n) is 21.2. The number of rotatable bonds is 12. The molecular weight excluding hydrogens is 583 g/mol.